The molecule has 26 heavy (non-hydrogen) atoms. The number of rotatable bonds is 4. The van der Waals surface area contributed by atoms with Gasteiger partial charge in [0.25, 0.3) is 11.5 Å². The second kappa shape index (κ2) is 7.00. The second-order valence-corrected chi connectivity index (χ2v) is 6.67. The molecule has 0 bridgehead atoms. The minimum absolute atomic E-state index is 0.204. The highest BCUT2D eigenvalue weighted by molar-refractivity contribution is 6.08. The molecule has 6 nitrogen and oxygen atoms in total. The third kappa shape index (κ3) is 3.31. The first kappa shape index (κ1) is 17.7. The molecule has 0 saturated carbocycles. The van der Waals surface area contributed by atoms with Gasteiger partial charge < -0.3 is 15.0 Å². The molecule has 1 aromatic carbocycles. The van der Waals surface area contributed by atoms with Crippen molar-refractivity contribution in [3.63, 3.8) is 0 Å². The minimum Gasteiger partial charge on any atom is -0.506 e. The quantitative estimate of drug-likeness (QED) is 0.755. The largest absolute Gasteiger partial charge is 0.506 e. The van der Waals surface area contributed by atoms with Crippen molar-refractivity contribution in [2.75, 3.05) is 5.32 Å². The molecule has 3 aromatic rings. The van der Waals surface area contributed by atoms with Gasteiger partial charge in [-0.15, -0.1) is 0 Å². The predicted molar refractivity (Wildman–Crippen MR) is 102 cm³/mol. The fourth-order valence-electron chi connectivity index (χ4n) is 2.93. The van der Waals surface area contributed by atoms with Gasteiger partial charge in [-0.3, -0.25) is 9.59 Å². The van der Waals surface area contributed by atoms with E-state index in [4.69, 9.17) is 0 Å². The van der Waals surface area contributed by atoms with E-state index in [1.54, 1.807) is 49.4 Å². The highest BCUT2D eigenvalue weighted by Gasteiger charge is 2.22. The van der Waals surface area contributed by atoms with E-state index < -0.39 is 11.5 Å². The Morgan fingerprint density at radius 1 is 1.19 bits per heavy atom. The molecule has 0 saturated heterocycles. The molecule has 2 aromatic heterocycles. The van der Waals surface area contributed by atoms with E-state index in [1.165, 1.54) is 4.57 Å². The molecular formula is C20H21N3O3. The average molecular weight is 351 g/mol. The summed E-state index contributed by atoms with van der Waals surface area (Å²) in [5.41, 5.74) is 0.560. The van der Waals surface area contributed by atoms with Crippen LogP contribution in [0.25, 0.3) is 10.9 Å². The van der Waals surface area contributed by atoms with Crippen LogP contribution in [0.1, 0.15) is 29.9 Å². The van der Waals surface area contributed by atoms with Gasteiger partial charge in [-0.05, 0) is 37.1 Å². The van der Waals surface area contributed by atoms with Crippen molar-refractivity contribution in [3.05, 3.63) is 64.1 Å². The Bertz CT molecular complexity index is 1040. The van der Waals surface area contributed by atoms with Crippen molar-refractivity contribution < 1.29 is 9.90 Å². The maximum Gasteiger partial charge on any atom is 0.267 e. The summed E-state index contributed by atoms with van der Waals surface area (Å²) in [6.45, 7) is 6.23. The number of anilines is 1. The molecule has 0 fully saturated rings. The van der Waals surface area contributed by atoms with E-state index in [1.807, 2.05) is 13.8 Å². The maximum atomic E-state index is 13.0. The Balaban J connectivity index is 2.16. The lowest BCUT2D eigenvalue weighted by atomic mass is 10.1. The van der Waals surface area contributed by atoms with Crippen LogP contribution in [0.2, 0.25) is 0 Å². The molecule has 0 unspecified atom stereocenters. The SMILES string of the molecule is Cc1cccc(NC(=O)c2c(O)c3ccccc3n(CC(C)C)c2=O)n1. The van der Waals surface area contributed by atoms with Crippen molar-refractivity contribution in [2.45, 2.75) is 27.3 Å². The molecule has 134 valence electrons. The number of carbonyl (C=O) groups is 1. The Hall–Kier alpha value is -3.15. The van der Waals surface area contributed by atoms with Gasteiger partial charge in [0.15, 0.2) is 0 Å². The fourth-order valence-corrected chi connectivity index (χ4v) is 2.93. The van der Waals surface area contributed by atoms with Gasteiger partial charge in [-0.1, -0.05) is 32.0 Å². The van der Waals surface area contributed by atoms with Gasteiger partial charge >= 0.3 is 0 Å². The van der Waals surface area contributed by atoms with E-state index in [9.17, 15) is 14.7 Å². The first-order chi connectivity index (χ1) is 12.4. The lowest BCUT2D eigenvalue weighted by Gasteiger charge is -2.16. The van der Waals surface area contributed by atoms with E-state index in [0.717, 1.165) is 5.69 Å². The number of pyridine rings is 2. The maximum absolute atomic E-state index is 13.0. The van der Waals surface area contributed by atoms with Crippen LogP contribution in [-0.2, 0) is 6.54 Å². The summed E-state index contributed by atoms with van der Waals surface area (Å²) in [5, 5.41) is 13.7. The molecule has 0 aliphatic carbocycles. The van der Waals surface area contributed by atoms with Crippen molar-refractivity contribution >= 4 is 22.6 Å². The van der Waals surface area contributed by atoms with Crippen LogP contribution in [0.5, 0.6) is 5.75 Å². The van der Waals surface area contributed by atoms with Crippen LogP contribution in [0.3, 0.4) is 0 Å². The number of hydrogen-bond donors (Lipinski definition) is 2. The average Bonchev–Trinajstić information content (AvgIpc) is 2.58. The molecule has 0 aliphatic rings. The summed E-state index contributed by atoms with van der Waals surface area (Å²) in [4.78, 5) is 29.9. The monoisotopic (exact) mass is 351 g/mol. The molecule has 2 heterocycles. The van der Waals surface area contributed by atoms with Crippen LogP contribution in [-0.4, -0.2) is 20.6 Å². The number of nitrogens with zero attached hydrogens (tertiary/aromatic N) is 2. The summed E-state index contributed by atoms with van der Waals surface area (Å²) in [5.74, 6) is -0.447. The molecule has 2 N–H and O–H groups in total. The predicted octanol–water partition coefficient (Wildman–Crippen LogP) is 3.32. The lowest BCUT2D eigenvalue weighted by Crippen LogP contribution is -2.31. The van der Waals surface area contributed by atoms with Crippen molar-refractivity contribution in [3.8, 4) is 5.75 Å². The molecule has 0 radical (unpaired) electrons. The normalized spacial score (nSPS) is 11.1. The van der Waals surface area contributed by atoms with Crippen LogP contribution in [0.15, 0.2) is 47.3 Å². The first-order valence-electron chi connectivity index (χ1n) is 8.48. The van der Waals surface area contributed by atoms with Gasteiger partial charge in [0, 0.05) is 17.6 Å². The Morgan fingerprint density at radius 2 is 1.92 bits per heavy atom. The number of hydrogen-bond acceptors (Lipinski definition) is 4. The van der Waals surface area contributed by atoms with E-state index in [-0.39, 0.29) is 17.2 Å². The van der Waals surface area contributed by atoms with E-state index >= 15 is 0 Å². The lowest BCUT2D eigenvalue weighted by molar-refractivity contribution is 0.102. The van der Waals surface area contributed by atoms with Crippen LogP contribution >= 0.6 is 0 Å². The second-order valence-electron chi connectivity index (χ2n) is 6.67. The number of fused-ring (bicyclic) bond motifs is 1. The third-order valence-corrected chi connectivity index (χ3v) is 4.05. The zero-order valence-electron chi connectivity index (χ0n) is 15.0. The first-order valence-corrected chi connectivity index (χ1v) is 8.48. The number of aromatic nitrogens is 2. The number of aryl methyl sites for hydroxylation is 1. The summed E-state index contributed by atoms with van der Waals surface area (Å²) in [6, 6.07) is 12.2. The summed E-state index contributed by atoms with van der Waals surface area (Å²) < 4.78 is 1.54. The molecule has 6 heteroatoms. The molecule has 0 aliphatic heterocycles. The number of aromatic hydroxyl groups is 1. The van der Waals surface area contributed by atoms with Crippen LogP contribution < -0.4 is 10.9 Å². The number of amides is 1. The summed E-state index contributed by atoms with van der Waals surface area (Å²) in [6.07, 6.45) is 0. The van der Waals surface area contributed by atoms with E-state index in [0.29, 0.717) is 23.3 Å². The molecule has 3 rings (SSSR count). The highest BCUT2D eigenvalue weighted by Crippen LogP contribution is 2.27. The van der Waals surface area contributed by atoms with Crippen molar-refractivity contribution in [1.82, 2.24) is 9.55 Å². The highest BCUT2D eigenvalue weighted by atomic mass is 16.3. The number of nitrogens with one attached hydrogen (secondary N) is 1. The van der Waals surface area contributed by atoms with Crippen molar-refractivity contribution in [2.24, 2.45) is 5.92 Å². The zero-order chi connectivity index (χ0) is 18.8. The molecule has 0 spiro atoms. The number of carbonyl (C=O) groups excluding carboxylic acids is 1. The van der Waals surface area contributed by atoms with Gasteiger partial charge in [0.2, 0.25) is 0 Å². The molecular weight excluding hydrogens is 330 g/mol. The summed E-state index contributed by atoms with van der Waals surface area (Å²) >= 11 is 0. The molecule has 1 amide bonds. The number of benzene rings is 1. The minimum atomic E-state index is -0.672. The van der Waals surface area contributed by atoms with Crippen LogP contribution in [0.4, 0.5) is 5.82 Å². The topological polar surface area (TPSA) is 84.2 Å². The smallest absolute Gasteiger partial charge is 0.267 e. The van der Waals surface area contributed by atoms with Gasteiger partial charge in [-0.25, -0.2) is 4.98 Å². The van der Waals surface area contributed by atoms with Gasteiger partial charge in [0.1, 0.15) is 17.1 Å². The van der Waals surface area contributed by atoms with Gasteiger partial charge in [-0.2, -0.15) is 0 Å². The van der Waals surface area contributed by atoms with Crippen molar-refractivity contribution in [1.29, 1.82) is 0 Å². The fraction of sp³-hybridized carbons (Fsp3) is 0.250. The molecule has 0 atom stereocenters. The standard InChI is InChI=1S/C20H21N3O3/c1-12(2)11-23-15-9-5-4-8-14(15)18(24)17(20(23)26)19(25)22-16-10-6-7-13(3)21-16/h4-10,12,24H,11H2,1-3H3,(H,21,22,25). The van der Waals surface area contributed by atoms with Crippen LogP contribution in [0, 0.1) is 12.8 Å². The Morgan fingerprint density at radius 3 is 2.62 bits per heavy atom. The Kier molecular flexibility index (Phi) is 4.75. The number of para-hydroxylation sites is 1. The zero-order valence-corrected chi connectivity index (χ0v) is 15.0. The third-order valence-electron chi connectivity index (χ3n) is 4.05. The summed E-state index contributed by atoms with van der Waals surface area (Å²) in [7, 11) is 0. The van der Waals surface area contributed by atoms with Gasteiger partial charge in [0.05, 0.1) is 5.52 Å². The Labute approximate surface area is 151 Å². The van der Waals surface area contributed by atoms with E-state index in [2.05, 4.69) is 10.3 Å².